The monoisotopic (exact) mass is 414 g/mol. The third-order valence-corrected chi connectivity index (χ3v) is 7.44. The minimum absolute atomic E-state index is 0.0589. The Labute approximate surface area is 171 Å². The SMILES string of the molecule is CCc1ccc(NC(=O)CC(C)S(=O)(=O)c2ccc3c(c2)CCN3C(C)=O)cc1. The number of amides is 2. The van der Waals surface area contributed by atoms with Gasteiger partial charge in [-0.2, -0.15) is 0 Å². The number of hydrogen-bond acceptors (Lipinski definition) is 4. The summed E-state index contributed by atoms with van der Waals surface area (Å²) in [7, 11) is -3.66. The van der Waals surface area contributed by atoms with Gasteiger partial charge in [-0.3, -0.25) is 9.59 Å². The molecule has 1 aliphatic rings. The van der Waals surface area contributed by atoms with E-state index < -0.39 is 15.1 Å². The number of carbonyl (C=O) groups is 2. The molecule has 0 aliphatic carbocycles. The molecule has 0 bridgehead atoms. The van der Waals surface area contributed by atoms with Gasteiger partial charge < -0.3 is 10.2 Å². The molecule has 1 unspecified atom stereocenters. The fraction of sp³-hybridized carbons (Fsp3) is 0.364. The Morgan fingerprint density at radius 1 is 1.14 bits per heavy atom. The van der Waals surface area contributed by atoms with Gasteiger partial charge in [0, 0.05) is 31.3 Å². The van der Waals surface area contributed by atoms with Gasteiger partial charge in [0.25, 0.3) is 0 Å². The van der Waals surface area contributed by atoms with Crippen molar-refractivity contribution in [2.24, 2.45) is 0 Å². The maximum atomic E-state index is 13.0. The molecule has 0 spiro atoms. The first kappa shape index (κ1) is 21.0. The predicted molar refractivity (Wildman–Crippen MR) is 114 cm³/mol. The number of aryl methyl sites for hydroxylation is 1. The number of sulfone groups is 1. The number of fused-ring (bicyclic) bond motifs is 1. The van der Waals surface area contributed by atoms with Crippen molar-refractivity contribution in [1.29, 1.82) is 0 Å². The van der Waals surface area contributed by atoms with Crippen LogP contribution in [0.5, 0.6) is 0 Å². The Morgan fingerprint density at radius 3 is 2.45 bits per heavy atom. The van der Waals surface area contributed by atoms with E-state index in [2.05, 4.69) is 12.2 Å². The number of hydrogen-bond donors (Lipinski definition) is 1. The number of nitrogens with one attached hydrogen (secondary N) is 1. The van der Waals surface area contributed by atoms with Crippen LogP contribution >= 0.6 is 0 Å². The largest absolute Gasteiger partial charge is 0.326 e. The van der Waals surface area contributed by atoms with Crippen molar-refractivity contribution < 1.29 is 18.0 Å². The van der Waals surface area contributed by atoms with Gasteiger partial charge in [-0.1, -0.05) is 19.1 Å². The van der Waals surface area contributed by atoms with E-state index in [1.807, 2.05) is 24.3 Å². The zero-order valence-electron chi connectivity index (χ0n) is 16.9. The van der Waals surface area contributed by atoms with Crippen molar-refractivity contribution in [1.82, 2.24) is 0 Å². The summed E-state index contributed by atoms with van der Waals surface area (Å²) in [4.78, 5) is 25.8. The lowest BCUT2D eigenvalue weighted by Gasteiger charge is -2.16. The van der Waals surface area contributed by atoms with Gasteiger partial charge in [0.1, 0.15) is 0 Å². The molecule has 2 aromatic rings. The van der Waals surface area contributed by atoms with Crippen LogP contribution in [0.25, 0.3) is 0 Å². The molecule has 7 heteroatoms. The van der Waals surface area contributed by atoms with Crippen LogP contribution in [0.3, 0.4) is 0 Å². The highest BCUT2D eigenvalue weighted by Crippen LogP contribution is 2.31. The number of anilines is 2. The van der Waals surface area contributed by atoms with E-state index >= 15 is 0 Å². The molecular weight excluding hydrogens is 388 g/mol. The topological polar surface area (TPSA) is 83.6 Å². The molecule has 1 heterocycles. The second-order valence-electron chi connectivity index (χ2n) is 7.37. The molecule has 6 nitrogen and oxygen atoms in total. The molecule has 3 rings (SSSR count). The Kier molecular flexibility index (Phi) is 6.07. The van der Waals surface area contributed by atoms with Crippen molar-refractivity contribution in [3.8, 4) is 0 Å². The molecule has 154 valence electrons. The zero-order chi connectivity index (χ0) is 21.2. The Morgan fingerprint density at radius 2 is 1.83 bits per heavy atom. The Hall–Kier alpha value is -2.67. The van der Waals surface area contributed by atoms with E-state index in [9.17, 15) is 18.0 Å². The summed E-state index contributed by atoms with van der Waals surface area (Å²) in [5.74, 6) is -0.398. The minimum atomic E-state index is -3.66. The number of benzene rings is 2. The summed E-state index contributed by atoms with van der Waals surface area (Å²) in [5, 5.41) is 1.90. The van der Waals surface area contributed by atoms with Gasteiger partial charge in [-0.05, 0) is 61.2 Å². The van der Waals surface area contributed by atoms with E-state index in [0.717, 1.165) is 17.7 Å². The first-order chi connectivity index (χ1) is 13.7. The normalized spacial score (nSPS) is 14.4. The maximum Gasteiger partial charge on any atom is 0.225 e. The predicted octanol–water partition coefficient (Wildman–Crippen LogP) is 3.35. The molecule has 1 aliphatic heterocycles. The maximum absolute atomic E-state index is 13.0. The van der Waals surface area contributed by atoms with Crippen molar-refractivity contribution >= 4 is 33.0 Å². The summed E-state index contributed by atoms with van der Waals surface area (Å²) in [6.45, 7) is 5.65. The van der Waals surface area contributed by atoms with Crippen molar-refractivity contribution in [2.75, 3.05) is 16.8 Å². The summed E-state index contributed by atoms with van der Waals surface area (Å²) in [6, 6.07) is 12.3. The van der Waals surface area contributed by atoms with E-state index in [-0.39, 0.29) is 23.1 Å². The van der Waals surface area contributed by atoms with E-state index in [4.69, 9.17) is 0 Å². The lowest BCUT2D eigenvalue weighted by Crippen LogP contribution is -2.26. The third-order valence-electron chi connectivity index (χ3n) is 5.30. The molecule has 0 radical (unpaired) electrons. The van der Waals surface area contributed by atoms with E-state index in [1.165, 1.54) is 18.6 Å². The van der Waals surface area contributed by atoms with Gasteiger partial charge in [0.2, 0.25) is 11.8 Å². The fourth-order valence-electron chi connectivity index (χ4n) is 3.52. The minimum Gasteiger partial charge on any atom is -0.326 e. The van der Waals surface area contributed by atoms with Crippen LogP contribution in [0.1, 0.15) is 38.3 Å². The second kappa shape index (κ2) is 8.37. The number of carbonyl (C=O) groups excluding carboxylic acids is 2. The van der Waals surface area contributed by atoms with Gasteiger partial charge in [0.05, 0.1) is 10.1 Å². The second-order valence-corrected chi connectivity index (χ2v) is 9.74. The van der Waals surface area contributed by atoms with E-state index in [0.29, 0.717) is 18.7 Å². The lowest BCUT2D eigenvalue weighted by molar-refractivity contribution is -0.117. The van der Waals surface area contributed by atoms with Gasteiger partial charge >= 0.3 is 0 Å². The molecule has 29 heavy (non-hydrogen) atoms. The smallest absolute Gasteiger partial charge is 0.225 e. The molecule has 2 aromatic carbocycles. The summed E-state index contributed by atoms with van der Waals surface area (Å²) in [5.41, 5.74) is 3.42. The third kappa shape index (κ3) is 4.50. The summed E-state index contributed by atoms with van der Waals surface area (Å²) >= 11 is 0. The highest BCUT2D eigenvalue weighted by molar-refractivity contribution is 7.92. The first-order valence-corrected chi connectivity index (χ1v) is 11.3. The Balaban J connectivity index is 1.70. The molecule has 0 saturated carbocycles. The zero-order valence-corrected chi connectivity index (χ0v) is 17.8. The number of rotatable bonds is 6. The highest BCUT2D eigenvalue weighted by atomic mass is 32.2. The molecular formula is C22H26N2O4S. The summed E-state index contributed by atoms with van der Waals surface area (Å²) in [6.07, 6.45) is 1.41. The standard InChI is InChI=1S/C22H26N2O4S/c1-4-17-5-7-19(8-6-17)23-22(26)13-15(2)29(27,28)20-9-10-21-18(14-20)11-12-24(21)16(3)25/h5-10,14-15H,4,11-13H2,1-3H3,(H,23,26). The van der Waals surface area contributed by atoms with Gasteiger partial charge in [-0.25, -0.2) is 8.42 Å². The quantitative estimate of drug-likeness (QED) is 0.786. The molecule has 0 aromatic heterocycles. The van der Waals surface area contributed by atoms with Crippen LogP contribution in [0.15, 0.2) is 47.4 Å². The fourth-order valence-corrected chi connectivity index (χ4v) is 4.92. The van der Waals surface area contributed by atoms with Gasteiger partial charge in [-0.15, -0.1) is 0 Å². The summed E-state index contributed by atoms with van der Waals surface area (Å²) < 4.78 is 25.9. The van der Waals surface area contributed by atoms with Crippen molar-refractivity contribution in [2.45, 2.75) is 50.2 Å². The van der Waals surface area contributed by atoms with Crippen molar-refractivity contribution in [3.05, 3.63) is 53.6 Å². The Bertz CT molecular complexity index is 1030. The van der Waals surface area contributed by atoms with Crippen LogP contribution in [-0.2, 0) is 32.3 Å². The average molecular weight is 415 g/mol. The first-order valence-electron chi connectivity index (χ1n) is 9.76. The number of nitrogens with zero attached hydrogens (tertiary/aromatic N) is 1. The molecule has 1 atom stereocenters. The van der Waals surface area contributed by atoms with Gasteiger partial charge in [0.15, 0.2) is 9.84 Å². The molecule has 0 fully saturated rings. The highest BCUT2D eigenvalue weighted by Gasteiger charge is 2.29. The van der Waals surface area contributed by atoms with Crippen LogP contribution in [0.2, 0.25) is 0 Å². The van der Waals surface area contributed by atoms with Crippen molar-refractivity contribution in [3.63, 3.8) is 0 Å². The van der Waals surface area contributed by atoms with Crippen LogP contribution in [0.4, 0.5) is 11.4 Å². The molecule has 1 N–H and O–H groups in total. The van der Waals surface area contributed by atoms with Crippen LogP contribution in [0, 0.1) is 0 Å². The lowest BCUT2D eigenvalue weighted by atomic mass is 10.1. The molecule has 0 saturated heterocycles. The van der Waals surface area contributed by atoms with E-state index in [1.54, 1.807) is 24.0 Å². The molecule has 2 amide bonds. The van der Waals surface area contributed by atoms with Crippen LogP contribution in [-0.4, -0.2) is 32.0 Å². The average Bonchev–Trinajstić information content (AvgIpc) is 3.12. The van der Waals surface area contributed by atoms with Crippen LogP contribution < -0.4 is 10.2 Å².